The lowest BCUT2D eigenvalue weighted by atomic mass is 9.93. The lowest BCUT2D eigenvalue weighted by Gasteiger charge is -2.37. The quantitative estimate of drug-likeness (QED) is 0.798. The van der Waals surface area contributed by atoms with Crippen LogP contribution < -0.4 is 10.6 Å². The van der Waals surface area contributed by atoms with Crippen LogP contribution in [-0.2, 0) is 0 Å². The van der Waals surface area contributed by atoms with E-state index in [1.54, 1.807) is 6.20 Å². The van der Waals surface area contributed by atoms with Crippen molar-refractivity contribution in [2.45, 2.75) is 18.9 Å². The molecule has 1 aromatic heterocycles. The van der Waals surface area contributed by atoms with E-state index in [0.717, 1.165) is 13.1 Å². The summed E-state index contributed by atoms with van der Waals surface area (Å²) >= 11 is 0. The third kappa shape index (κ3) is 1.87. The van der Waals surface area contributed by atoms with Gasteiger partial charge in [-0.3, -0.25) is 0 Å². The Balaban J connectivity index is 0.000000963. The first-order valence-corrected chi connectivity index (χ1v) is 5.62. The molecule has 5 heteroatoms. The summed E-state index contributed by atoms with van der Waals surface area (Å²) in [5, 5.41) is 7.73. The Kier molecular flexibility index (Phi) is 3.30. The predicted octanol–water partition coefficient (Wildman–Crippen LogP) is 1.07. The Hall–Kier alpha value is -0.870. The minimum Gasteiger partial charge on any atom is -0.370 e. The molecular formula is C11H17ClN4. The van der Waals surface area contributed by atoms with Crippen molar-refractivity contribution in [3.63, 3.8) is 0 Å². The molecule has 0 spiro atoms. The molecule has 1 aliphatic carbocycles. The number of nitrogens with zero attached hydrogens (tertiary/aromatic N) is 3. The monoisotopic (exact) mass is 240 g/mol. The third-order valence-electron chi connectivity index (χ3n) is 3.84. The van der Waals surface area contributed by atoms with Crippen LogP contribution in [0.15, 0.2) is 18.5 Å². The maximum atomic E-state index is 6.17. The number of hydrogen-bond donors (Lipinski definition) is 1. The summed E-state index contributed by atoms with van der Waals surface area (Å²) < 4.78 is 0. The zero-order valence-electron chi connectivity index (χ0n) is 9.12. The topological polar surface area (TPSA) is 55.0 Å². The molecule has 4 nitrogen and oxygen atoms in total. The van der Waals surface area contributed by atoms with Gasteiger partial charge in [0.15, 0.2) is 0 Å². The summed E-state index contributed by atoms with van der Waals surface area (Å²) in [6, 6.07) is 2.46. The number of nitrogens with two attached hydrogens (primary N) is 1. The second-order valence-electron chi connectivity index (χ2n) is 4.68. The van der Waals surface area contributed by atoms with E-state index in [2.05, 4.69) is 15.1 Å². The minimum atomic E-state index is 0. The highest BCUT2D eigenvalue weighted by molar-refractivity contribution is 5.85. The van der Waals surface area contributed by atoms with Gasteiger partial charge in [0.05, 0.1) is 18.1 Å². The molecule has 16 heavy (non-hydrogen) atoms. The number of aromatic nitrogens is 2. The van der Waals surface area contributed by atoms with E-state index in [0.29, 0.717) is 17.9 Å². The molecule has 2 aliphatic rings. The average molecular weight is 241 g/mol. The molecule has 0 amide bonds. The molecule has 2 heterocycles. The van der Waals surface area contributed by atoms with Crippen molar-refractivity contribution in [3.8, 4) is 0 Å². The van der Waals surface area contributed by atoms with Gasteiger partial charge in [-0.2, -0.15) is 10.2 Å². The van der Waals surface area contributed by atoms with Crippen molar-refractivity contribution in [1.82, 2.24) is 10.2 Å². The molecule has 1 saturated carbocycles. The van der Waals surface area contributed by atoms with Gasteiger partial charge in [-0.15, -0.1) is 12.4 Å². The predicted molar refractivity (Wildman–Crippen MR) is 65.7 cm³/mol. The zero-order valence-corrected chi connectivity index (χ0v) is 9.94. The molecule has 2 bridgehead atoms. The van der Waals surface area contributed by atoms with Crippen LogP contribution >= 0.6 is 12.4 Å². The Bertz CT molecular complexity index is 331. The van der Waals surface area contributed by atoms with Crippen molar-refractivity contribution in [2.24, 2.45) is 17.6 Å². The molecule has 1 saturated heterocycles. The first kappa shape index (κ1) is 11.6. The molecule has 1 aromatic rings. The smallest absolute Gasteiger partial charge is 0.0729 e. The van der Waals surface area contributed by atoms with Gasteiger partial charge in [0.25, 0.3) is 0 Å². The Morgan fingerprint density at radius 2 is 1.88 bits per heavy atom. The molecule has 3 atom stereocenters. The average Bonchev–Trinajstić information content (AvgIpc) is 2.54. The lowest BCUT2D eigenvalue weighted by Crippen LogP contribution is -2.48. The zero-order chi connectivity index (χ0) is 10.3. The number of rotatable bonds is 1. The Labute approximate surface area is 102 Å². The lowest BCUT2D eigenvalue weighted by molar-refractivity contribution is 0.356. The maximum Gasteiger partial charge on any atom is 0.0729 e. The molecule has 2 fully saturated rings. The number of fused-ring (bicyclic) bond motifs is 2. The fraction of sp³-hybridized carbons (Fsp3) is 0.636. The summed E-state index contributed by atoms with van der Waals surface area (Å²) in [6.07, 6.45) is 6.18. The SMILES string of the molecule is Cl.NC1[C@@H]2CC[C@H]1CN(c1ccnnc1)C2. The fourth-order valence-electron chi connectivity index (χ4n) is 2.95. The number of piperidine rings is 1. The molecule has 1 unspecified atom stereocenters. The third-order valence-corrected chi connectivity index (χ3v) is 3.84. The van der Waals surface area contributed by atoms with Crippen molar-refractivity contribution >= 4 is 18.1 Å². The summed E-state index contributed by atoms with van der Waals surface area (Å²) in [4.78, 5) is 2.40. The van der Waals surface area contributed by atoms with Crippen LogP contribution in [0.25, 0.3) is 0 Å². The highest BCUT2D eigenvalue weighted by Gasteiger charge is 2.39. The first-order valence-electron chi connectivity index (χ1n) is 5.62. The molecule has 3 rings (SSSR count). The van der Waals surface area contributed by atoms with Crippen LogP contribution in [0, 0.1) is 11.8 Å². The standard InChI is InChI=1S/C11H16N4.ClH/c12-11-8-1-2-9(11)7-15(6-8)10-3-4-13-14-5-10;/h3-5,8-9,11H,1-2,6-7,12H2;1H/t8-,9+,11?;. The summed E-state index contributed by atoms with van der Waals surface area (Å²) in [5.41, 5.74) is 7.36. The molecule has 1 aliphatic heterocycles. The van der Waals surface area contributed by atoms with Crippen molar-refractivity contribution in [3.05, 3.63) is 18.5 Å². The highest BCUT2D eigenvalue weighted by Crippen LogP contribution is 2.37. The number of anilines is 1. The van der Waals surface area contributed by atoms with Crippen molar-refractivity contribution < 1.29 is 0 Å². The van der Waals surface area contributed by atoms with Crippen LogP contribution in [0.4, 0.5) is 5.69 Å². The normalized spacial score (nSPS) is 32.3. The molecular weight excluding hydrogens is 224 g/mol. The van der Waals surface area contributed by atoms with Crippen LogP contribution in [0.3, 0.4) is 0 Å². The van der Waals surface area contributed by atoms with Crippen LogP contribution in [0.1, 0.15) is 12.8 Å². The van der Waals surface area contributed by atoms with Crippen LogP contribution in [0.2, 0.25) is 0 Å². The fourth-order valence-corrected chi connectivity index (χ4v) is 2.95. The maximum absolute atomic E-state index is 6.17. The Morgan fingerprint density at radius 3 is 2.44 bits per heavy atom. The van der Waals surface area contributed by atoms with Crippen molar-refractivity contribution in [2.75, 3.05) is 18.0 Å². The second-order valence-corrected chi connectivity index (χ2v) is 4.68. The molecule has 0 radical (unpaired) electrons. The van der Waals surface area contributed by atoms with E-state index < -0.39 is 0 Å². The van der Waals surface area contributed by atoms with Gasteiger partial charge in [-0.25, -0.2) is 0 Å². The van der Waals surface area contributed by atoms with Gasteiger partial charge in [0.2, 0.25) is 0 Å². The largest absolute Gasteiger partial charge is 0.370 e. The highest BCUT2D eigenvalue weighted by atomic mass is 35.5. The van der Waals surface area contributed by atoms with Crippen LogP contribution in [0.5, 0.6) is 0 Å². The van der Waals surface area contributed by atoms with E-state index in [1.807, 2.05) is 12.3 Å². The van der Waals surface area contributed by atoms with Gasteiger partial charge in [-0.05, 0) is 30.7 Å². The van der Waals surface area contributed by atoms with E-state index in [4.69, 9.17) is 5.73 Å². The van der Waals surface area contributed by atoms with E-state index in [-0.39, 0.29) is 12.4 Å². The summed E-state index contributed by atoms with van der Waals surface area (Å²) in [6.45, 7) is 2.17. The minimum absolute atomic E-state index is 0. The number of halogens is 1. The van der Waals surface area contributed by atoms with Gasteiger partial charge in [-0.1, -0.05) is 0 Å². The van der Waals surface area contributed by atoms with Gasteiger partial charge < -0.3 is 10.6 Å². The first-order chi connectivity index (χ1) is 7.34. The summed E-state index contributed by atoms with van der Waals surface area (Å²) in [5.74, 6) is 1.36. The molecule has 0 aromatic carbocycles. The molecule has 2 N–H and O–H groups in total. The van der Waals surface area contributed by atoms with Gasteiger partial charge in [0.1, 0.15) is 0 Å². The summed E-state index contributed by atoms with van der Waals surface area (Å²) in [7, 11) is 0. The Morgan fingerprint density at radius 1 is 1.19 bits per heavy atom. The van der Waals surface area contributed by atoms with Gasteiger partial charge >= 0.3 is 0 Å². The van der Waals surface area contributed by atoms with Crippen LogP contribution in [-0.4, -0.2) is 29.3 Å². The van der Waals surface area contributed by atoms with Gasteiger partial charge in [0, 0.05) is 19.1 Å². The van der Waals surface area contributed by atoms with E-state index in [9.17, 15) is 0 Å². The van der Waals surface area contributed by atoms with E-state index in [1.165, 1.54) is 18.5 Å². The second kappa shape index (κ2) is 4.55. The van der Waals surface area contributed by atoms with E-state index >= 15 is 0 Å². The molecule has 88 valence electrons. The van der Waals surface area contributed by atoms with Crippen molar-refractivity contribution in [1.29, 1.82) is 0 Å². The number of hydrogen-bond acceptors (Lipinski definition) is 4.